The van der Waals surface area contributed by atoms with Crippen molar-refractivity contribution in [2.24, 2.45) is 5.73 Å². The SMILES string of the molecule is CCc1ccc(C(CN)N(C)CC(C)OC)o1. The van der Waals surface area contributed by atoms with Gasteiger partial charge in [-0.2, -0.15) is 0 Å². The summed E-state index contributed by atoms with van der Waals surface area (Å²) in [6, 6.07) is 4.16. The van der Waals surface area contributed by atoms with Crippen LogP contribution in [0.5, 0.6) is 0 Å². The Hall–Kier alpha value is -0.840. The molecule has 0 saturated heterocycles. The molecular weight excluding hydrogens is 216 g/mol. The van der Waals surface area contributed by atoms with Gasteiger partial charge in [-0.25, -0.2) is 0 Å². The maximum atomic E-state index is 5.83. The molecule has 0 amide bonds. The van der Waals surface area contributed by atoms with Gasteiger partial charge in [0.2, 0.25) is 0 Å². The molecule has 0 aliphatic carbocycles. The van der Waals surface area contributed by atoms with Crippen molar-refractivity contribution in [3.05, 3.63) is 23.7 Å². The molecule has 0 fully saturated rings. The molecule has 4 nitrogen and oxygen atoms in total. The summed E-state index contributed by atoms with van der Waals surface area (Å²) in [5.41, 5.74) is 5.83. The van der Waals surface area contributed by atoms with Gasteiger partial charge in [-0.15, -0.1) is 0 Å². The molecule has 4 heteroatoms. The Kier molecular flexibility index (Phi) is 5.68. The largest absolute Gasteiger partial charge is 0.464 e. The highest BCUT2D eigenvalue weighted by Gasteiger charge is 2.20. The average molecular weight is 240 g/mol. The number of furan rings is 1. The second kappa shape index (κ2) is 6.79. The number of rotatable bonds is 7. The number of ether oxygens (including phenoxy) is 1. The van der Waals surface area contributed by atoms with E-state index >= 15 is 0 Å². The predicted octanol–water partition coefficient (Wildman–Crippen LogP) is 1.81. The van der Waals surface area contributed by atoms with Gasteiger partial charge < -0.3 is 14.9 Å². The number of likely N-dealkylation sites (N-methyl/N-ethyl adjacent to an activating group) is 1. The van der Waals surface area contributed by atoms with Crippen molar-refractivity contribution in [1.29, 1.82) is 0 Å². The summed E-state index contributed by atoms with van der Waals surface area (Å²) in [7, 11) is 3.76. The van der Waals surface area contributed by atoms with Gasteiger partial charge >= 0.3 is 0 Å². The summed E-state index contributed by atoms with van der Waals surface area (Å²) >= 11 is 0. The molecular formula is C13H24N2O2. The van der Waals surface area contributed by atoms with Crippen LogP contribution in [-0.2, 0) is 11.2 Å². The topological polar surface area (TPSA) is 51.6 Å². The van der Waals surface area contributed by atoms with Crippen LogP contribution in [-0.4, -0.2) is 38.3 Å². The van der Waals surface area contributed by atoms with Gasteiger partial charge in [-0.05, 0) is 26.1 Å². The van der Waals surface area contributed by atoms with Crippen LogP contribution in [0, 0.1) is 0 Å². The lowest BCUT2D eigenvalue weighted by Gasteiger charge is -2.27. The molecule has 0 radical (unpaired) electrons. The average Bonchev–Trinajstić information content (AvgIpc) is 2.78. The van der Waals surface area contributed by atoms with Gasteiger partial charge in [0.25, 0.3) is 0 Å². The zero-order valence-corrected chi connectivity index (χ0v) is 11.3. The molecule has 0 saturated carbocycles. The lowest BCUT2D eigenvalue weighted by molar-refractivity contribution is 0.0685. The number of hydrogen-bond donors (Lipinski definition) is 1. The van der Waals surface area contributed by atoms with Crippen LogP contribution in [0.3, 0.4) is 0 Å². The van der Waals surface area contributed by atoms with Crippen molar-refractivity contribution in [2.75, 3.05) is 27.2 Å². The van der Waals surface area contributed by atoms with E-state index in [1.807, 2.05) is 26.1 Å². The third-order valence-electron chi connectivity index (χ3n) is 3.06. The van der Waals surface area contributed by atoms with E-state index in [-0.39, 0.29) is 12.1 Å². The highest BCUT2D eigenvalue weighted by atomic mass is 16.5. The fourth-order valence-electron chi connectivity index (χ4n) is 1.88. The van der Waals surface area contributed by atoms with Gasteiger partial charge in [0.15, 0.2) is 0 Å². The Morgan fingerprint density at radius 2 is 2.18 bits per heavy atom. The smallest absolute Gasteiger partial charge is 0.122 e. The third-order valence-corrected chi connectivity index (χ3v) is 3.06. The van der Waals surface area contributed by atoms with E-state index in [2.05, 4.69) is 11.8 Å². The van der Waals surface area contributed by atoms with Crippen molar-refractivity contribution < 1.29 is 9.15 Å². The zero-order chi connectivity index (χ0) is 12.8. The first kappa shape index (κ1) is 14.2. The summed E-state index contributed by atoms with van der Waals surface area (Å²) in [5, 5.41) is 0. The second-order valence-electron chi connectivity index (χ2n) is 4.40. The molecule has 0 bridgehead atoms. The maximum Gasteiger partial charge on any atom is 0.122 e. The Balaban J connectivity index is 2.69. The number of methoxy groups -OCH3 is 1. The van der Waals surface area contributed by atoms with Crippen molar-refractivity contribution in [3.63, 3.8) is 0 Å². The minimum atomic E-state index is 0.118. The number of nitrogens with zero attached hydrogens (tertiary/aromatic N) is 1. The molecule has 0 aliphatic rings. The molecule has 2 atom stereocenters. The van der Waals surface area contributed by atoms with Crippen LogP contribution in [0.25, 0.3) is 0 Å². The van der Waals surface area contributed by atoms with Crippen LogP contribution in [0.1, 0.15) is 31.4 Å². The Bertz CT molecular complexity index is 325. The lowest BCUT2D eigenvalue weighted by atomic mass is 10.2. The number of aryl methyl sites for hydroxylation is 1. The van der Waals surface area contributed by atoms with Crippen molar-refractivity contribution in [2.45, 2.75) is 32.4 Å². The van der Waals surface area contributed by atoms with Crippen LogP contribution >= 0.6 is 0 Å². The summed E-state index contributed by atoms with van der Waals surface area (Å²) in [6.45, 7) is 5.50. The van der Waals surface area contributed by atoms with E-state index in [0.29, 0.717) is 6.54 Å². The highest BCUT2D eigenvalue weighted by molar-refractivity contribution is 5.11. The summed E-state index contributed by atoms with van der Waals surface area (Å²) < 4.78 is 11.0. The van der Waals surface area contributed by atoms with Crippen LogP contribution in [0.2, 0.25) is 0 Å². The predicted molar refractivity (Wildman–Crippen MR) is 69.0 cm³/mol. The molecule has 17 heavy (non-hydrogen) atoms. The molecule has 98 valence electrons. The molecule has 2 N–H and O–H groups in total. The quantitative estimate of drug-likeness (QED) is 0.789. The Morgan fingerprint density at radius 1 is 1.47 bits per heavy atom. The summed E-state index contributed by atoms with van der Waals surface area (Å²) in [6.07, 6.45) is 1.10. The summed E-state index contributed by atoms with van der Waals surface area (Å²) in [5.74, 6) is 1.95. The third kappa shape index (κ3) is 3.84. The Morgan fingerprint density at radius 3 is 2.65 bits per heavy atom. The van der Waals surface area contributed by atoms with Gasteiger partial charge in [0.05, 0.1) is 12.1 Å². The normalized spacial score (nSPS) is 15.2. The summed E-state index contributed by atoms with van der Waals surface area (Å²) in [4.78, 5) is 2.17. The first-order valence-corrected chi connectivity index (χ1v) is 6.14. The van der Waals surface area contributed by atoms with Gasteiger partial charge in [-0.3, -0.25) is 4.90 Å². The fraction of sp³-hybridized carbons (Fsp3) is 0.692. The van der Waals surface area contributed by atoms with Gasteiger partial charge in [0.1, 0.15) is 11.5 Å². The molecule has 0 aromatic carbocycles. The Labute approximate surface area is 104 Å². The van der Waals surface area contributed by atoms with Crippen LogP contribution < -0.4 is 5.73 Å². The first-order valence-electron chi connectivity index (χ1n) is 6.14. The first-order chi connectivity index (χ1) is 8.12. The minimum absolute atomic E-state index is 0.118. The molecule has 0 spiro atoms. The zero-order valence-electron chi connectivity index (χ0n) is 11.3. The standard InChI is InChI=1S/C13H24N2O2/c1-5-11-6-7-13(17-11)12(8-14)15(3)9-10(2)16-4/h6-7,10,12H,5,8-9,14H2,1-4H3. The minimum Gasteiger partial charge on any atom is -0.464 e. The monoisotopic (exact) mass is 240 g/mol. The van der Waals surface area contributed by atoms with E-state index in [4.69, 9.17) is 14.9 Å². The molecule has 1 aromatic rings. The maximum absolute atomic E-state index is 5.83. The number of hydrogen-bond acceptors (Lipinski definition) is 4. The fourth-order valence-corrected chi connectivity index (χ4v) is 1.88. The van der Waals surface area contributed by atoms with E-state index in [1.54, 1.807) is 7.11 Å². The van der Waals surface area contributed by atoms with Gasteiger partial charge in [0, 0.05) is 26.6 Å². The molecule has 1 aromatic heterocycles. The number of nitrogens with two attached hydrogens (primary N) is 1. The molecule has 0 aliphatic heterocycles. The van der Waals surface area contributed by atoms with E-state index in [1.165, 1.54) is 0 Å². The molecule has 1 rings (SSSR count). The highest BCUT2D eigenvalue weighted by Crippen LogP contribution is 2.21. The van der Waals surface area contributed by atoms with Gasteiger partial charge in [-0.1, -0.05) is 6.92 Å². The van der Waals surface area contributed by atoms with Crippen molar-refractivity contribution >= 4 is 0 Å². The molecule has 2 unspecified atom stereocenters. The van der Waals surface area contributed by atoms with Crippen LogP contribution in [0.4, 0.5) is 0 Å². The molecule has 1 heterocycles. The van der Waals surface area contributed by atoms with Crippen LogP contribution in [0.15, 0.2) is 16.5 Å². The lowest BCUT2D eigenvalue weighted by Crippen LogP contribution is -2.35. The van der Waals surface area contributed by atoms with Crippen molar-refractivity contribution in [1.82, 2.24) is 4.90 Å². The van der Waals surface area contributed by atoms with E-state index in [9.17, 15) is 0 Å². The van der Waals surface area contributed by atoms with E-state index < -0.39 is 0 Å². The van der Waals surface area contributed by atoms with Crippen molar-refractivity contribution in [3.8, 4) is 0 Å². The second-order valence-corrected chi connectivity index (χ2v) is 4.40. The van der Waals surface area contributed by atoms with E-state index in [0.717, 1.165) is 24.5 Å².